The molecular formula is C12H15N5O3S. The summed E-state index contributed by atoms with van der Waals surface area (Å²) < 4.78 is 1.76. The van der Waals surface area contributed by atoms with E-state index in [0.29, 0.717) is 17.6 Å². The molecular weight excluding hydrogens is 294 g/mol. The summed E-state index contributed by atoms with van der Waals surface area (Å²) in [5.41, 5.74) is 0. The molecule has 8 nitrogen and oxygen atoms in total. The first kappa shape index (κ1) is 14.1. The SMILES string of the molecule is O=C(CSc1nnnn1C1CC1)NC1C=CC(C(=O)O)C1. The monoisotopic (exact) mass is 309 g/mol. The van der Waals surface area contributed by atoms with E-state index in [1.54, 1.807) is 16.8 Å². The van der Waals surface area contributed by atoms with Crippen molar-refractivity contribution in [3.63, 3.8) is 0 Å². The Morgan fingerprint density at radius 1 is 1.43 bits per heavy atom. The number of nitrogens with zero attached hydrogens (tertiary/aromatic N) is 4. The average Bonchev–Trinajstić information content (AvgIpc) is 3.00. The highest BCUT2D eigenvalue weighted by Crippen LogP contribution is 2.36. The molecule has 0 radical (unpaired) electrons. The standard InChI is InChI=1S/C12H15N5O3S/c18-10(13-8-2-1-7(5-8)11(19)20)6-21-12-14-15-16-17(12)9-3-4-9/h1-2,7-9H,3-6H2,(H,13,18)(H,19,20). The lowest BCUT2D eigenvalue weighted by Crippen LogP contribution is -2.34. The molecule has 1 aromatic rings. The number of tetrazole rings is 1. The fourth-order valence-corrected chi connectivity index (χ4v) is 2.95. The van der Waals surface area contributed by atoms with Crippen molar-refractivity contribution in [3.8, 4) is 0 Å². The Hall–Kier alpha value is -1.90. The van der Waals surface area contributed by atoms with Crippen LogP contribution in [-0.4, -0.2) is 49.0 Å². The molecule has 2 N–H and O–H groups in total. The zero-order chi connectivity index (χ0) is 14.8. The number of rotatable bonds is 6. The first-order chi connectivity index (χ1) is 10.1. The number of carboxylic acid groups (broad SMARTS) is 1. The summed E-state index contributed by atoms with van der Waals surface area (Å²) >= 11 is 1.30. The maximum absolute atomic E-state index is 11.9. The fourth-order valence-electron chi connectivity index (χ4n) is 2.20. The van der Waals surface area contributed by atoms with Crippen molar-refractivity contribution < 1.29 is 14.7 Å². The summed E-state index contributed by atoms with van der Waals surface area (Å²) in [6.45, 7) is 0. The lowest BCUT2D eigenvalue weighted by atomic mass is 10.1. The van der Waals surface area contributed by atoms with Crippen LogP contribution in [0.3, 0.4) is 0 Å². The van der Waals surface area contributed by atoms with Crippen molar-refractivity contribution in [2.24, 2.45) is 5.92 Å². The summed E-state index contributed by atoms with van der Waals surface area (Å²) in [6, 6.07) is 0.165. The van der Waals surface area contributed by atoms with Gasteiger partial charge in [0.2, 0.25) is 11.1 Å². The van der Waals surface area contributed by atoms with Crippen LogP contribution in [0.4, 0.5) is 0 Å². The molecule has 0 aliphatic heterocycles. The minimum absolute atomic E-state index is 0.147. The summed E-state index contributed by atoms with van der Waals surface area (Å²) in [4.78, 5) is 22.7. The molecule has 3 rings (SSSR count). The molecule has 1 amide bonds. The van der Waals surface area contributed by atoms with E-state index in [0.717, 1.165) is 12.8 Å². The molecule has 2 aliphatic rings. The second-order valence-corrected chi connectivity index (χ2v) is 6.11. The first-order valence-corrected chi connectivity index (χ1v) is 7.73. The molecule has 2 aliphatic carbocycles. The number of carbonyl (C=O) groups excluding carboxylic acids is 1. The highest BCUT2D eigenvalue weighted by Gasteiger charge is 2.28. The normalized spacial score (nSPS) is 24.2. The lowest BCUT2D eigenvalue weighted by molar-refractivity contribution is -0.140. The zero-order valence-electron chi connectivity index (χ0n) is 11.2. The number of carboxylic acids is 1. The second kappa shape index (κ2) is 5.84. The van der Waals surface area contributed by atoms with Crippen LogP contribution in [0.5, 0.6) is 0 Å². The minimum Gasteiger partial charge on any atom is -0.481 e. The van der Waals surface area contributed by atoms with Crippen molar-refractivity contribution >= 4 is 23.6 Å². The summed E-state index contributed by atoms with van der Waals surface area (Å²) in [6.07, 6.45) is 5.91. The van der Waals surface area contributed by atoms with E-state index in [-0.39, 0.29) is 17.7 Å². The van der Waals surface area contributed by atoms with Crippen molar-refractivity contribution in [2.75, 3.05) is 5.75 Å². The van der Waals surface area contributed by atoms with Gasteiger partial charge in [-0.1, -0.05) is 23.9 Å². The van der Waals surface area contributed by atoms with Crippen LogP contribution in [0, 0.1) is 5.92 Å². The quantitative estimate of drug-likeness (QED) is 0.572. The van der Waals surface area contributed by atoms with Crippen LogP contribution in [-0.2, 0) is 9.59 Å². The number of nitrogens with one attached hydrogen (secondary N) is 1. The molecule has 1 fully saturated rings. The van der Waals surface area contributed by atoms with Crippen LogP contribution in [0.25, 0.3) is 0 Å². The first-order valence-electron chi connectivity index (χ1n) is 6.74. The van der Waals surface area contributed by atoms with Crippen molar-refractivity contribution in [1.82, 2.24) is 25.5 Å². The van der Waals surface area contributed by atoms with E-state index in [4.69, 9.17) is 5.11 Å². The van der Waals surface area contributed by atoms with Gasteiger partial charge in [-0.3, -0.25) is 9.59 Å². The van der Waals surface area contributed by atoms with Gasteiger partial charge in [0.15, 0.2) is 0 Å². The van der Waals surface area contributed by atoms with Gasteiger partial charge >= 0.3 is 5.97 Å². The van der Waals surface area contributed by atoms with Crippen molar-refractivity contribution in [3.05, 3.63) is 12.2 Å². The Bertz CT molecular complexity index is 583. The number of hydrogen-bond donors (Lipinski definition) is 2. The number of thioether (sulfide) groups is 1. The Morgan fingerprint density at radius 3 is 2.90 bits per heavy atom. The van der Waals surface area contributed by atoms with Crippen LogP contribution in [0.2, 0.25) is 0 Å². The van der Waals surface area contributed by atoms with E-state index in [9.17, 15) is 9.59 Å². The van der Waals surface area contributed by atoms with Gasteiger partial charge in [0.25, 0.3) is 0 Å². The third-order valence-electron chi connectivity index (χ3n) is 3.43. The molecule has 1 aromatic heterocycles. The fraction of sp³-hybridized carbons (Fsp3) is 0.583. The number of aliphatic carboxylic acids is 1. The summed E-state index contributed by atoms with van der Waals surface area (Å²) in [5, 5.41) is 23.8. The Morgan fingerprint density at radius 2 is 2.24 bits per heavy atom. The largest absolute Gasteiger partial charge is 0.481 e. The maximum atomic E-state index is 11.9. The van der Waals surface area contributed by atoms with Crippen LogP contribution >= 0.6 is 11.8 Å². The highest BCUT2D eigenvalue weighted by atomic mass is 32.2. The van der Waals surface area contributed by atoms with Crippen LogP contribution < -0.4 is 5.32 Å². The molecule has 0 spiro atoms. The maximum Gasteiger partial charge on any atom is 0.310 e. The molecule has 1 heterocycles. The van der Waals surface area contributed by atoms with E-state index in [1.807, 2.05) is 0 Å². The van der Waals surface area contributed by atoms with Crippen molar-refractivity contribution in [2.45, 2.75) is 36.5 Å². The minimum atomic E-state index is -0.860. The molecule has 2 atom stereocenters. The summed E-state index contributed by atoms with van der Waals surface area (Å²) in [5.74, 6) is -1.30. The number of aromatic nitrogens is 4. The van der Waals surface area contributed by atoms with Gasteiger partial charge < -0.3 is 10.4 Å². The average molecular weight is 309 g/mol. The second-order valence-electron chi connectivity index (χ2n) is 5.17. The number of hydrogen-bond acceptors (Lipinski definition) is 6. The predicted octanol–water partition coefficient (Wildman–Crippen LogP) is 0.246. The molecule has 1 saturated carbocycles. The highest BCUT2D eigenvalue weighted by molar-refractivity contribution is 7.99. The van der Waals surface area contributed by atoms with Crippen LogP contribution in [0.15, 0.2) is 17.3 Å². The predicted molar refractivity (Wildman–Crippen MR) is 73.6 cm³/mol. The van der Waals surface area contributed by atoms with Gasteiger partial charge in [-0.15, -0.1) is 5.10 Å². The van der Waals surface area contributed by atoms with Gasteiger partial charge in [-0.05, 0) is 29.7 Å². The molecule has 0 saturated heterocycles. The smallest absolute Gasteiger partial charge is 0.310 e. The van der Waals surface area contributed by atoms with E-state index in [1.165, 1.54) is 11.8 Å². The lowest BCUT2D eigenvalue weighted by Gasteiger charge is -2.11. The van der Waals surface area contributed by atoms with Crippen LogP contribution in [0.1, 0.15) is 25.3 Å². The summed E-state index contributed by atoms with van der Waals surface area (Å²) in [7, 11) is 0. The molecule has 112 valence electrons. The molecule has 9 heteroatoms. The molecule has 21 heavy (non-hydrogen) atoms. The number of carbonyl (C=O) groups is 2. The topological polar surface area (TPSA) is 110 Å². The van der Waals surface area contributed by atoms with Gasteiger partial charge in [0, 0.05) is 6.04 Å². The third-order valence-corrected chi connectivity index (χ3v) is 4.37. The van der Waals surface area contributed by atoms with E-state index >= 15 is 0 Å². The zero-order valence-corrected chi connectivity index (χ0v) is 12.0. The molecule has 0 bridgehead atoms. The Balaban J connectivity index is 1.46. The number of amides is 1. The molecule has 2 unspecified atom stereocenters. The van der Waals surface area contributed by atoms with Crippen molar-refractivity contribution in [1.29, 1.82) is 0 Å². The van der Waals surface area contributed by atoms with E-state index < -0.39 is 11.9 Å². The van der Waals surface area contributed by atoms with E-state index in [2.05, 4.69) is 20.8 Å². The van der Waals surface area contributed by atoms with Gasteiger partial charge in [-0.2, -0.15) is 0 Å². The van der Waals surface area contributed by atoms with Gasteiger partial charge in [-0.25, -0.2) is 4.68 Å². The third kappa shape index (κ3) is 3.41. The van der Waals surface area contributed by atoms with Gasteiger partial charge in [0.05, 0.1) is 17.7 Å². The van der Waals surface area contributed by atoms with Gasteiger partial charge in [0.1, 0.15) is 0 Å². The Labute approximate surface area is 125 Å². The molecule has 0 aromatic carbocycles. The Kier molecular flexibility index (Phi) is 3.91.